The van der Waals surface area contributed by atoms with Crippen LogP contribution in [-0.2, 0) is 20.7 Å². The smallest absolute Gasteiger partial charge is 0.461 e. The number of nitrogens with one attached hydrogen (secondary N) is 1. The molecule has 24 heavy (non-hydrogen) atoms. The number of carbonyl (C=O) groups is 2. The summed E-state index contributed by atoms with van der Waals surface area (Å²) >= 11 is 0. The number of benzene rings is 1. The maximum Gasteiger partial charge on any atom is 0.471 e. The van der Waals surface area contributed by atoms with Gasteiger partial charge in [0.2, 0.25) is 0 Å². The van der Waals surface area contributed by atoms with Crippen LogP contribution in [0, 0.1) is 0 Å². The van der Waals surface area contributed by atoms with E-state index in [9.17, 15) is 22.8 Å². The third-order valence-electron chi connectivity index (χ3n) is 3.96. The molecule has 1 aliphatic rings. The van der Waals surface area contributed by atoms with E-state index in [1.54, 1.807) is 35.6 Å². The zero-order valence-corrected chi connectivity index (χ0v) is 13.1. The van der Waals surface area contributed by atoms with Crippen LogP contribution in [0.4, 0.5) is 13.2 Å². The van der Waals surface area contributed by atoms with Gasteiger partial charge in [-0.05, 0) is 31.2 Å². The first-order valence-electron chi connectivity index (χ1n) is 7.98. The molecule has 132 valence electrons. The van der Waals surface area contributed by atoms with E-state index >= 15 is 0 Å². The molecule has 4 nitrogen and oxygen atoms in total. The van der Waals surface area contributed by atoms with Crippen LogP contribution in [0.2, 0.25) is 0 Å². The predicted octanol–water partition coefficient (Wildman–Crippen LogP) is 3.15. The molecule has 0 unspecified atom stereocenters. The molecule has 2 rings (SSSR count). The van der Waals surface area contributed by atoms with Gasteiger partial charge in [0.25, 0.3) is 0 Å². The molecule has 0 bridgehead atoms. The Morgan fingerprint density at radius 1 is 1.12 bits per heavy atom. The first kappa shape index (κ1) is 18.3. The second-order valence-corrected chi connectivity index (χ2v) is 5.91. The lowest BCUT2D eigenvalue weighted by Crippen LogP contribution is -2.49. The van der Waals surface area contributed by atoms with Crippen LogP contribution in [-0.4, -0.2) is 30.2 Å². The van der Waals surface area contributed by atoms with Crippen LogP contribution in [0.5, 0.6) is 0 Å². The van der Waals surface area contributed by atoms with Crippen LogP contribution in [0.1, 0.15) is 37.7 Å². The van der Waals surface area contributed by atoms with Crippen molar-refractivity contribution in [2.45, 2.75) is 56.8 Å². The largest absolute Gasteiger partial charge is 0.471 e. The second-order valence-electron chi connectivity index (χ2n) is 5.91. The Labute approximate surface area is 138 Å². The number of hydrogen-bond donors (Lipinski definition) is 1. The number of carbonyl (C=O) groups excluding carboxylic acids is 2. The van der Waals surface area contributed by atoms with Crippen molar-refractivity contribution < 1.29 is 27.5 Å². The number of ether oxygens (including phenoxy) is 1. The van der Waals surface area contributed by atoms with Gasteiger partial charge in [0, 0.05) is 6.42 Å². The Morgan fingerprint density at radius 3 is 2.33 bits per heavy atom. The normalized spacial score (nSPS) is 17.1. The molecule has 1 N–H and O–H groups in total. The molecule has 7 heteroatoms. The summed E-state index contributed by atoms with van der Waals surface area (Å²) in [6, 6.07) is 7.19. The standard InChI is InChI=1S/C17H20F3NO3/c18-17(19,20)16(23)21-14(11-12-7-3-1-4-8-12)15(22)24-13-9-5-2-6-10-13/h1,3-4,7-8,13-14H,2,5-6,9-11H2,(H,21,23)/t14-/m0/s1. The Morgan fingerprint density at radius 2 is 1.75 bits per heavy atom. The zero-order valence-electron chi connectivity index (χ0n) is 13.1. The average molecular weight is 343 g/mol. The Kier molecular flexibility index (Phi) is 6.23. The molecule has 0 spiro atoms. The second kappa shape index (κ2) is 8.17. The maximum atomic E-state index is 12.5. The molecular formula is C17H20F3NO3. The van der Waals surface area contributed by atoms with Crippen LogP contribution in [0.3, 0.4) is 0 Å². The lowest BCUT2D eigenvalue weighted by molar-refractivity contribution is -0.176. The van der Waals surface area contributed by atoms with E-state index in [1.165, 1.54) is 0 Å². The highest BCUT2D eigenvalue weighted by molar-refractivity contribution is 5.87. The first-order valence-corrected chi connectivity index (χ1v) is 7.98. The van der Waals surface area contributed by atoms with Crippen LogP contribution < -0.4 is 5.32 Å². The predicted molar refractivity (Wildman–Crippen MR) is 81.1 cm³/mol. The van der Waals surface area contributed by atoms with Gasteiger partial charge in [-0.15, -0.1) is 0 Å². The molecule has 0 aliphatic heterocycles. The highest BCUT2D eigenvalue weighted by atomic mass is 19.4. The monoisotopic (exact) mass is 343 g/mol. The van der Waals surface area contributed by atoms with Crippen molar-refractivity contribution >= 4 is 11.9 Å². The van der Waals surface area contributed by atoms with E-state index in [2.05, 4.69) is 0 Å². The van der Waals surface area contributed by atoms with Crippen molar-refractivity contribution in [3.63, 3.8) is 0 Å². The Hall–Kier alpha value is -2.05. The highest BCUT2D eigenvalue weighted by Crippen LogP contribution is 2.21. The van der Waals surface area contributed by atoms with Crippen molar-refractivity contribution in [2.75, 3.05) is 0 Å². The van der Waals surface area contributed by atoms with Gasteiger partial charge >= 0.3 is 18.1 Å². The van der Waals surface area contributed by atoms with E-state index in [-0.39, 0.29) is 12.5 Å². The topological polar surface area (TPSA) is 55.4 Å². The third kappa shape index (κ3) is 5.54. The van der Waals surface area contributed by atoms with E-state index < -0.39 is 24.1 Å². The van der Waals surface area contributed by atoms with Gasteiger partial charge in [-0.25, -0.2) is 4.79 Å². The summed E-state index contributed by atoms with van der Waals surface area (Å²) in [4.78, 5) is 23.5. The van der Waals surface area contributed by atoms with Crippen molar-refractivity contribution in [3.8, 4) is 0 Å². The molecule has 0 heterocycles. The quantitative estimate of drug-likeness (QED) is 0.836. The van der Waals surface area contributed by atoms with Crippen molar-refractivity contribution in [1.82, 2.24) is 5.32 Å². The van der Waals surface area contributed by atoms with Gasteiger partial charge in [-0.3, -0.25) is 4.79 Å². The molecule has 1 aromatic carbocycles. The van der Waals surface area contributed by atoms with E-state index in [0.717, 1.165) is 19.3 Å². The molecular weight excluding hydrogens is 323 g/mol. The molecule has 1 aromatic rings. The van der Waals surface area contributed by atoms with Gasteiger partial charge < -0.3 is 10.1 Å². The molecule has 0 saturated heterocycles. The number of hydrogen-bond acceptors (Lipinski definition) is 3. The molecule has 1 saturated carbocycles. The SMILES string of the molecule is O=C(OC1CCCCC1)[C@H](Cc1ccccc1)NC(=O)C(F)(F)F. The minimum Gasteiger partial charge on any atom is -0.461 e. The van der Waals surface area contributed by atoms with Crippen molar-refractivity contribution in [2.24, 2.45) is 0 Å². The number of rotatable bonds is 5. The first-order chi connectivity index (χ1) is 11.4. The minimum atomic E-state index is -5.04. The van der Waals surface area contributed by atoms with E-state index in [1.807, 2.05) is 0 Å². The number of amides is 1. The maximum absolute atomic E-state index is 12.5. The summed E-state index contributed by atoms with van der Waals surface area (Å²) in [7, 11) is 0. The summed E-state index contributed by atoms with van der Waals surface area (Å²) in [5.41, 5.74) is 0.644. The third-order valence-corrected chi connectivity index (χ3v) is 3.96. The zero-order chi connectivity index (χ0) is 17.6. The fourth-order valence-corrected chi connectivity index (χ4v) is 2.71. The average Bonchev–Trinajstić information content (AvgIpc) is 2.55. The fraction of sp³-hybridized carbons (Fsp3) is 0.529. The van der Waals surface area contributed by atoms with Gasteiger partial charge in [0.1, 0.15) is 12.1 Å². The summed E-state index contributed by atoms with van der Waals surface area (Å²) < 4.78 is 42.8. The summed E-state index contributed by atoms with van der Waals surface area (Å²) in [6.45, 7) is 0. The van der Waals surface area contributed by atoms with Gasteiger partial charge in [0.05, 0.1) is 0 Å². The van der Waals surface area contributed by atoms with E-state index in [4.69, 9.17) is 4.74 Å². The van der Waals surface area contributed by atoms with Crippen molar-refractivity contribution in [1.29, 1.82) is 0 Å². The number of alkyl halides is 3. The molecule has 0 radical (unpaired) electrons. The Bertz CT molecular complexity index is 554. The summed E-state index contributed by atoms with van der Waals surface area (Å²) in [5, 5.41) is 1.76. The lowest BCUT2D eigenvalue weighted by Gasteiger charge is -2.25. The van der Waals surface area contributed by atoms with E-state index in [0.29, 0.717) is 18.4 Å². The number of esters is 1. The van der Waals surface area contributed by atoms with Gasteiger partial charge in [-0.2, -0.15) is 13.2 Å². The summed E-state index contributed by atoms with van der Waals surface area (Å²) in [6.07, 6.45) is -1.05. The number of halogens is 3. The fourth-order valence-electron chi connectivity index (χ4n) is 2.71. The van der Waals surface area contributed by atoms with Crippen LogP contribution in [0.25, 0.3) is 0 Å². The lowest BCUT2D eigenvalue weighted by atomic mass is 9.97. The summed E-state index contributed by atoms with van der Waals surface area (Å²) in [5.74, 6) is -2.95. The van der Waals surface area contributed by atoms with Crippen molar-refractivity contribution in [3.05, 3.63) is 35.9 Å². The minimum absolute atomic E-state index is 0.0474. The molecule has 1 atom stereocenters. The van der Waals surface area contributed by atoms with Crippen LogP contribution >= 0.6 is 0 Å². The molecule has 0 aromatic heterocycles. The van der Waals surface area contributed by atoms with Gasteiger partial charge in [0.15, 0.2) is 0 Å². The molecule has 1 aliphatic carbocycles. The van der Waals surface area contributed by atoms with Crippen LogP contribution in [0.15, 0.2) is 30.3 Å². The highest BCUT2D eigenvalue weighted by Gasteiger charge is 2.41. The molecule has 1 fully saturated rings. The molecule has 1 amide bonds. The Balaban J connectivity index is 2.05. The van der Waals surface area contributed by atoms with Gasteiger partial charge in [-0.1, -0.05) is 36.8 Å².